The third kappa shape index (κ3) is 2.71. The average molecular weight is 337 g/mol. The summed E-state index contributed by atoms with van der Waals surface area (Å²) >= 11 is 1.69. The Morgan fingerprint density at radius 3 is 2.88 bits per heavy atom. The van der Waals surface area contributed by atoms with Crippen LogP contribution < -0.4 is 5.32 Å². The number of hydrogen-bond acceptors (Lipinski definition) is 2. The Hall–Kier alpha value is -2.53. The van der Waals surface area contributed by atoms with Crippen molar-refractivity contribution in [3.63, 3.8) is 0 Å². The van der Waals surface area contributed by atoms with E-state index in [0.29, 0.717) is 6.54 Å². The molecule has 0 radical (unpaired) electrons. The highest BCUT2D eigenvalue weighted by Crippen LogP contribution is 2.35. The minimum Gasteiger partial charge on any atom is -0.347 e. The molecule has 2 aromatic heterocycles. The van der Waals surface area contributed by atoms with E-state index >= 15 is 0 Å². The Morgan fingerprint density at radius 1 is 1.17 bits per heavy atom. The van der Waals surface area contributed by atoms with Crippen molar-refractivity contribution < 1.29 is 4.79 Å². The lowest BCUT2D eigenvalue weighted by molar-refractivity contribution is 0.183. The van der Waals surface area contributed by atoms with Gasteiger partial charge >= 0.3 is 6.03 Å². The van der Waals surface area contributed by atoms with Gasteiger partial charge in [-0.15, -0.1) is 11.3 Å². The first-order valence-corrected chi connectivity index (χ1v) is 8.93. The number of fused-ring (bicyclic) bond motifs is 1. The highest BCUT2D eigenvalue weighted by Gasteiger charge is 2.32. The molecule has 122 valence electrons. The SMILES string of the molecule is Cc1cccc(NC(=O)N2CCn3cccc3C2c2cccs2)c1. The minimum atomic E-state index is -0.0496. The molecule has 3 heterocycles. The maximum Gasteiger partial charge on any atom is 0.322 e. The smallest absolute Gasteiger partial charge is 0.322 e. The molecule has 0 bridgehead atoms. The summed E-state index contributed by atoms with van der Waals surface area (Å²) in [6.07, 6.45) is 2.09. The van der Waals surface area contributed by atoms with Crippen molar-refractivity contribution >= 4 is 23.1 Å². The molecule has 0 spiro atoms. The number of thiophene rings is 1. The zero-order chi connectivity index (χ0) is 16.5. The van der Waals surface area contributed by atoms with Gasteiger partial charge in [0.1, 0.15) is 6.04 Å². The number of anilines is 1. The highest BCUT2D eigenvalue weighted by molar-refractivity contribution is 7.10. The predicted molar refractivity (Wildman–Crippen MR) is 97.5 cm³/mol. The van der Waals surface area contributed by atoms with Crippen molar-refractivity contribution in [1.82, 2.24) is 9.47 Å². The summed E-state index contributed by atoms with van der Waals surface area (Å²) < 4.78 is 2.24. The number of urea groups is 1. The Bertz CT molecular complexity index is 853. The number of nitrogens with one attached hydrogen (secondary N) is 1. The highest BCUT2D eigenvalue weighted by atomic mass is 32.1. The summed E-state index contributed by atoms with van der Waals surface area (Å²) in [6.45, 7) is 3.55. The van der Waals surface area contributed by atoms with Gasteiger partial charge < -0.3 is 14.8 Å². The largest absolute Gasteiger partial charge is 0.347 e. The van der Waals surface area contributed by atoms with Crippen LogP contribution in [-0.2, 0) is 6.54 Å². The second-order valence-corrected chi connectivity index (χ2v) is 7.02. The molecular formula is C19H19N3OS. The van der Waals surface area contributed by atoms with Crippen molar-refractivity contribution in [3.05, 3.63) is 76.2 Å². The summed E-state index contributed by atoms with van der Waals surface area (Å²) in [7, 11) is 0. The molecule has 1 aliphatic heterocycles. The van der Waals surface area contributed by atoms with Crippen LogP contribution in [0.2, 0.25) is 0 Å². The topological polar surface area (TPSA) is 37.3 Å². The Balaban J connectivity index is 1.65. The van der Waals surface area contributed by atoms with Gasteiger partial charge in [0.05, 0.1) is 0 Å². The summed E-state index contributed by atoms with van der Waals surface area (Å²) in [5.41, 5.74) is 3.14. The van der Waals surface area contributed by atoms with Gasteiger partial charge in [-0.3, -0.25) is 0 Å². The molecule has 1 aromatic carbocycles. The molecule has 0 aliphatic carbocycles. The van der Waals surface area contributed by atoms with E-state index in [1.165, 1.54) is 10.6 Å². The van der Waals surface area contributed by atoms with Gasteiger partial charge in [-0.05, 0) is 48.2 Å². The van der Waals surface area contributed by atoms with Crippen LogP contribution >= 0.6 is 11.3 Å². The summed E-state index contributed by atoms with van der Waals surface area (Å²) in [5, 5.41) is 5.11. The van der Waals surface area contributed by atoms with E-state index in [2.05, 4.69) is 39.7 Å². The molecule has 3 aromatic rings. The van der Waals surface area contributed by atoms with Gasteiger partial charge in [-0.2, -0.15) is 0 Å². The first-order chi connectivity index (χ1) is 11.7. The van der Waals surface area contributed by atoms with Crippen LogP contribution in [0.25, 0.3) is 0 Å². The molecule has 1 unspecified atom stereocenters. The van der Waals surface area contributed by atoms with Gasteiger partial charge in [0, 0.05) is 35.5 Å². The fourth-order valence-electron chi connectivity index (χ4n) is 3.27. The molecule has 5 heteroatoms. The first kappa shape index (κ1) is 15.0. The van der Waals surface area contributed by atoms with Crippen LogP contribution in [0.1, 0.15) is 22.2 Å². The predicted octanol–water partition coefficient (Wildman–Crippen LogP) is 4.50. The van der Waals surface area contributed by atoms with Crippen LogP contribution in [-0.4, -0.2) is 22.0 Å². The normalized spacial score (nSPS) is 16.7. The Labute approximate surface area is 145 Å². The van der Waals surface area contributed by atoms with Crippen molar-refractivity contribution in [2.24, 2.45) is 0 Å². The summed E-state index contributed by atoms with van der Waals surface area (Å²) in [4.78, 5) is 16.0. The monoisotopic (exact) mass is 337 g/mol. The quantitative estimate of drug-likeness (QED) is 0.735. The lowest BCUT2D eigenvalue weighted by Gasteiger charge is -2.36. The van der Waals surface area contributed by atoms with Crippen LogP contribution in [0.3, 0.4) is 0 Å². The summed E-state index contributed by atoms with van der Waals surface area (Å²) in [5.74, 6) is 0. The maximum absolute atomic E-state index is 12.9. The number of nitrogens with zero attached hydrogens (tertiary/aromatic N) is 2. The van der Waals surface area contributed by atoms with Gasteiger partial charge in [0.15, 0.2) is 0 Å². The molecule has 0 saturated carbocycles. The molecule has 0 fully saturated rings. The van der Waals surface area contributed by atoms with Crippen molar-refractivity contribution in [3.8, 4) is 0 Å². The minimum absolute atomic E-state index is 0.0291. The average Bonchev–Trinajstić information content (AvgIpc) is 3.25. The van der Waals surface area contributed by atoms with Crippen molar-refractivity contribution in [2.75, 3.05) is 11.9 Å². The third-order valence-electron chi connectivity index (χ3n) is 4.38. The van der Waals surface area contributed by atoms with Crippen LogP contribution in [0.4, 0.5) is 10.5 Å². The van der Waals surface area contributed by atoms with E-state index in [1.807, 2.05) is 42.2 Å². The molecule has 1 aliphatic rings. The number of rotatable bonds is 2. The first-order valence-electron chi connectivity index (χ1n) is 8.05. The number of benzene rings is 1. The second-order valence-electron chi connectivity index (χ2n) is 6.04. The zero-order valence-corrected chi connectivity index (χ0v) is 14.3. The maximum atomic E-state index is 12.9. The number of aryl methyl sites for hydroxylation is 1. The Kier molecular flexibility index (Phi) is 3.86. The van der Waals surface area contributed by atoms with Crippen molar-refractivity contribution in [2.45, 2.75) is 19.5 Å². The summed E-state index contributed by atoms with van der Waals surface area (Å²) in [6, 6.07) is 16.1. The number of amides is 2. The fourth-order valence-corrected chi connectivity index (χ4v) is 4.11. The number of hydrogen-bond donors (Lipinski definition) is 1. The lowest BCUT2D eigenvalue weighted by atomic mass is 10.1. The van der Waals surface area contributed by atoms with Gasteiger partial charge in [0.2, 0.25) is 0 Å². The third-order valence-corrected chi connectivity index (χ3v) is 5.31. The molecule has 24 heavy (non-hydrogen) atoms. The van der Waals surface area contributed by atoms with Gasteiger partial charge in [0.25, 0.3) is 0 Å². The molecular weight excluding hydrogens is 318 g/mol. The standard InChI is InChI=1S/C19H19N3OS/c1-14-5-2-6-15(13-14)20-19(23)22-11-10-21-9-3-7-16(21)18(22)17-8-4-12-24-17/h2-9,12-13,18H,10-11H2,1H3,(H,20,23). The molecule has 4 nitrogen and oxygen atoms in total. The number of carbonyl (C=O) groups is 1. The van der Waals surface area contributed by atoms with Crippen LogP contribution in [0.15, 0.2) is 60.1 Å². The number of aromatic nitrogens is 1. The molecule has 4 rings (SSSR count). The van der Waals surface area contributed by atoms with Gasteiger partial charge in [-0.25, -0.2) is 4.79 Å². The molecule has 1 N–H and O–H groups in total. The fraction of sp³-hybridized carbons (Fsp3) is 0.211. The van der Waals surface area contributed by atoms with E-state index in [4.69, 9.17) is 0 Å². The lowest BCUT2D eigenvalue weighted by Crippen LogP contribution is -2.44. The molecule has 1 atom stereocenters. The van der Waals surface area contributed by atoms with E-state index in [1.54, 1.807) is 11.3 Å². The zero-order valence-electron chi connectivity index (χ0n) is 13.5. The number of carbonyl (C=O) groups excluding carboxylic acids is 1. The van der Waals surface area contributed by atoms with Crippen LogP contribution in [0, 0.1) is 6.92 Å². The molecule has 0 saturated heterocycles. The van der Waals surface area contributed by atoms with E-state index in [9.17, 15) is 4.79 Å². The van der Waals surface area contributed by atoms with Gasteiger partial charge in [-0.1, -0.05) is 18.2 Å². The van der Waals surface area contributed by atoms with E-state index in [-0.39, 0.29) is 12.1 Å². The van der Waals surface area contributed by atoms with Crippen molar-refractivity contribution in [1.29, 1.82) is 0 Å². The Morgan fingerprint density at radius 2 is 2.08 bits per heavy atom. The van der Waals surface area contributed by atoms with E-state index < -0.39 is 0 Å². The molecule has 2 amide bonds. The van der Waals surface area contributed by atoms with E-state index in [0.717, 1.165) is 17.8 Å². The second kappa shape index (κ2) is 6.17. The van der Waals surface area contributed by atoms with Crippen LogP contribution in [0.5, 0.6) is 0 Å².